The monoisotopic (exact) mass is 468 g/mol. The Morgan fingerprint density at radius 3 is 2.70 bits per heavy atom. The number of carboxylic acid groups (broad SMARTS) is 1. The fraction of sp³-hybridized carbons (Fsp3) is 0.522. The van der Waals surface area contributed by atoms with E-state index in [1.165, 1.54) is 0 Å². The first-order valence-corrected chi connectivity index (χ1v) is 10.8. The molecular formula is C23H27F3N2O5. The number of rotatable bonds is 4. The van der Waals surface area contributed by atoms with Gasteiger partial charge in [0.25, 0.3) is 5.91 Å². The van der Waals surface area contributed by atoms with Crippen LogP contribution in [0.5, 0.6) is 0 Å². The topological polar surface area (TPSA) is 89.0 Å². The first-order valence-electron chi connectivity index (χ1n) is 10.8. The minimum absolute atomic E-state index is 0.00986. The average Bonchev–Trinajstić information content (AvgIpc) is 2.81. The number of piperidine rings is 1. The number of aromatic nitrogens is 1. The van der Waals surface area contributed by atoms with Gasteiger partial charge in [-0.15, -0.1) is 0 Å². The van der Waals surface area contributed by atoms with Gasteiger partial charge in [0.2, 0.25) is 0 Å². The largest absolute Gasteiger partial charge is 0.490 e. The third-order valence-electron chi connectivity index (χ3n) is 5.93. The van der Waals surface area contributed by atoms with Gasteiger partial charge in [-0.05, 0) is 38.3 Å². The summed E-state index contributed by atoms with van der Waals surface area (Å²) >= 11 is 0. The van der Waals surface area contributed by atoms with E-state index in [4.69, 9.17) is 19.4 Å². The summed E-state index contributed by atoms with van der Waals surface area (Å²) in [5.41, 5.74) is 1.29. The van der Waals surface area contributed by atoms with Gasteiger partial charge in [-0.2, -0.15) is 13.2 Å². The van der Waals surface area contributed by atoms with Crippen molar-refractivity contribution in [3.8, 4) is 0 Å². The number of amides is 1. The smallest absolute Gasteiger partial charge is 0.475 e. The van der Waals surface area contributed by atoms with Crippen LogP contribution in [0.25, 0.3) is 10.9 Å². The predicted molar refractivity (Wildman–Crippen MR) is 114 cm³/mol. The van der Waals surface area contributed by atoms with Gasteiger partial charge in [-0.1, -0.05) is 24.3 Å². The van der Waals surface area contributed by atoms with Crippen LogP contribution in [0.1, 0.15) is 36.7 Å². The molecule has 10 heteroatoms. The molecule has 7 nitrogen and oxygen atoms in total. The summed E-state index contributed by atoms with van der Waals surface area (Å²) in [4.78, 5) is 28.5. The van der Waals surface area contributed by atoms with Crippen molar-refractivity contribution in [1.29, 1.82) is 0 Å². The maximum atomic E-state index is 13.1. The summed E-state index contributed by atoms with van der Waals surface area (Å²) in [7, 11) is 0. The average molecular weight is 468 g/mol. The molecule has 1 amide bonds. The number of carbonyl (C=O) groups excluding carboxylic acids is 1. The summed E-state index contributed by atoms with van der Waals surface area (Å²) in [6.45, 7) is 5.58. The number of carboxylic acids is 1. The van der Waals surface area contributed by atoms with Crippen molar-refractivity contribution in [2.75, 3.05) is 32.9 Å². The Bertz CT molecular complexity index is 984. The number of halogens is 3. The Morgan fingerprint density at radius 1 is 1.27 bits per heavy atom. The van der Waals surface area contributed by atoms with Crippen LogP contribution in [0.3, 0.4) is 0 Å². The third kappa shape index (κ3) is 6.00. The predicted octanol–water partition coefficient (Wildman–Crippen LogP) is 3.92. The van der Waals surface area contributed by atoms with Crippen molar-refractivity contribution >= 4 is 22.8 Å². The minimum atomic E-state index is -5.08. The molecule has 0 bridgehead atoms. The number of nitrogens with zero attached hydrogens (tertiary/aromatic N) is 2. The summed E-state index contributed by atoms with van der Waals surface area (Å²) in [5, 5.41) is 8.18. The van der Waals surface area contributed by atoms with Gasteiger partial charge in [0, 0.05) is 37.1 Å². The van der Waals surface area contributed by atoms with Crippen LogP contribution >= 0.6 is 0 Å². The maximum absolute atomic E-state index is 13.1. The van der Waals surface area contributed by atoms with E-state index in [0.29, 0.717) is 32.0 Å². The fourth-order valence-corrected chi connectivity index (χ4v) is 4.33. The summed E-state index contributed by atoms with van der Waals surface area (Å²) < 4.78 is 43.6. The van der Waals surface area contributed by atoms with Crippen LogP contribution in [-0.4, -0.2) is 72.1 Å². The highest BCUT2D eigenvalue weighted by molar-refractivity contribution is 5.95. The van der Waals surface area contributed by atoms with Gasteiger partial charge in [-0.3, -0.25) is 4.79 Å². The lowest BCUT2D eigenvalue weighted by molar-refractivity contribution is -0.192. The number of hydrogen-bond acceptors (Lipinski definition) is 5. The quantitative estimate of drug-likeness (QED) is 0.732. The summed E-state index contributed by atoms with van der Waals surface area (Å²) in [5.74, 6) is -2.75. The van der Waals surface area contributed by atoms with Crippen LogP contribution in [0.15, 0.2) is 36.4 Å². The Kier molecular flexibility index (Phi) is 7.91. The van der Waals surface area contributed by atoms with Gasteiger partial charge >= 0.3 is 12.1 Å². The second-order valence-electron chi connectivity index (χ2n) is 8.17. The number of likely N-dealkylation sites (tertiary alicyclic amines) is 1. The van der Waals surface area contributed by atoms with Crippen molar-refractivity contribution < 1.29 is 37.3 Å². The molecule has 2 fully saturated rings. The second-order valence-corrected chi connectivity index (χ2v) is 8.17. The minimum Gasteiger partial charge on any atom is -0.475 e. The SMILES string of the molecule is CCOCC12CCCOC1CCN(C(=O)c1ccc3ccccc3n1)C2.O=C(O)C(F)(F)F. The fourth-order valence-electron chi connectivity index (χ4n) is 4.33. The zero-order valence-corrected chi connectivity index (χ0v) is 18.3. The molecule has 2 aliphatic heterocycles. The van der Waals surface area contributed by atoms with E-state index in [-0.39, 0.29) is 17.4 Å². The summed E-state index contributed by atoms with van der Waals surface area (Å²) in [6, 6.07) is 11.7. The van der Waals surface area contributed by atoms with E-state index < -0.39 is 12.1 Å². The highest BCUT2D eigenvalue weighted by Gasteiger charge is 2.47. The number of alkyl halides is 3. The first kappa shape index (κ1) is 24.9. The first-order chi connectivity index (χ1) is 15.7. The van der Waals surface area contributed by atoms with Crippen LogP contribution in [0.4, 0.5) is 13.2 Å². The van der Waals surface area contributed by atoms with Crippen molar-refractivity contribution in [3.05, 3.63) is 42.1 Å². The van der Waals surface area contributed by atoms with Gasteiger partial charge < -0.3 is 19.5 Å². The lowest BCUT2D eigenvalue weighted by Gasteiger charge is -2.50. The molecular weight excluding hydrogens is 441 g/mol. The zero-order valence-electron chi connectivity index (χ0n) is 18.3. The van der Waals surface area contributed by atoms with E-state index in [0.717, 1.165) is 36.8 Å². The molecule has 2 aliphatic rings. The molecule has 33 heavy (non-hydrogen) atoms. The molecule has 2 saturated heterocycles. The molecule has 180 valence electrons. The molecule has 2 unspecified atom stereocenters. The van der Waals surface area contributed by atoms with Gasteiger partial charge in [0.05, 0.1) is 18.2 Å². The van der Waals surface area contributed by atoms with Gasteiger partial charge in [0.1, 0.15) is 5.69 Å². The van der Waals surface area contributed by atoms with E-state index in [9.17, 15) is 18.0 Å². The van der Waals surface area contributed by atoms with E-state index >= 15 is 0 Å². The number of benzene rings is 1. The van der Waals surface area contributed by atoms with Crippen molar-refractivity contribution in [3.63, 3.8) is 0 Å². The number of ether oxygens (including phenoxy) is 2. The Hall–Kier alpha value is -2.72. The number of aliphatic carboxylic acids is 1. The normalized spacial score (nSPS) is 22.8. The van der Waals surface area contributed by atoms with Crippen LogP contribution < -0.4 is 0 Å². The summed E-state index contributed by atoms with van der Waals surface area (Å²) in [6.07, 6.45) is -1.95. The highest BCUT2D eigenvalue weighted by Crippen LogP contribution is 2.40. The van der Waals surface area contributed by atoms with Crippen molar-refractivity contribution in [1.82, 2.24) is 9.88 Å². The third-order valence-corrected chi connectivity index (χ3v) is 5.93. The molecule has 0 radical (unpaired) electrons. The number of para-hydroxylation sites is 1. The Morgan fingerprint density at radius 2 is 2.00 bits per heavy atom. The Labute approximate surface area is 189 Å². The molecule has 4 rings (SSSR count). The number of hydrogen-bond donors (Lipinski definition) is 1. The maximum Gasteiger partial charge on any atom is 0.490 e. The number of carbonyl (C=O) groups is 2. The van der Waals surface area contributed by atoms with Crippen LogP contribution in [0, 0.1) is 5.41 Å². The van der Waals surface area contributed by atoms with Gasteiger partial charge in [-0.25, -0.2) is 9.78 Å². The number of pyridine rings is 1. The molecule has 0 aliphatic carbocycles. The van der Waals surface area contributed by atoms with Crippen LogP contribution in [-0.2, 0) is 14.3 Å². The van der Waals surface area contributed by atoms with E-state index in [2.05, 4.69) is 4.98 Å². The highest BCUT2D eigenvalue weighted by atomic mass is 19.4. The molecule has 1 aromatic carbocycles. The second kappa shape index (κ2) is 10.5. The molecule has 1 N–H and O–H groups in total. The van der Waals surface area contributed by atoms with Crippen molar-refractivity contribution in [2.24, 2.45) is 5.41 Å². The lowest BCUT2D eigenvalue weighted by atomic mass is 9.73. The Balaban J connectivity index is 0.000000383. The van der Waals surface area contributed by atoms with Gasteiger partial charge in [0.15, 0.2) is 0 Å². The standard InChI is InChI=1S/C21H26N2O3.C2HF3O2/c1-2-25-15-21-11-5-13-26-19(21)10-12-23(14-21)20(24)18-9-8-16-6-3-4-7-17(16)22-18;3-2(4,5)1(6)7/h3-4,6-9,19H,2,5,10-15H2,1H3;(H,6,7). The van der Waals surface area contributed by atoms with Crippen LogP contribution in [0.2, 0.25) is 0 Å². The molecule has 0 saturated carbocycles. The zero-order chi connectivity index (χ0) is 24.1. The van der Waals surface area contributed by atoms with E-state index in [1.54, 1.807) is 0 Å². The molecule has 0 spiro atoms. The van der Waals surface area contributed by atoms with E-state index in [1.807, 2.05) is 48.2 Å². The molecule has 2 atom stereocenters. The molecule has 1 aromatic heterocycles. The van der Waals surface area contributed by atoms with Crippen molar-refractivity contribution in [2.45, 2.75) is 38.5 Å². The lowest BCUT2D eigenvalue weighted by Crippen LogP contribution is -2.58. The molecule has 2 aromatic rings. The molecule has 3 heterocycles. The number of fused-ring (bicyclic) bond motifs is 2.